The summed E-state index contributed by atoms with van der Waals surface area (Å²) < 4.78 is 10.6. The third kappa shape index (κ3) is 4.57. The van der Waals surface area contributed by atoms with Gasteiger partial charge in [0.15, 0.2) is 6.61 Å². The van der Waals surface area contributed by atoms with Crippen molar-refractivity contribution in [1.29, 1.82) is 0 Å². The summed E-state index contributed by atoms with van der Waals surface area (Å²) in [5.41, 5.74) is 1.06. The standard InChI is InChI=1S/C18H18O5/c1-12(2)15-8-3-4-9-16(15)22-11-17(19)23-14-7-5-6-13(10-14)18(20)21/h3-10,12H,11H2,1-2H3,(H,20,21). The number of carboxylic acids is 1. The Labute approximate surface area is 134 Å². The molecule has 0 aliphatic rings. The highest BCUT2D eigenvalue weighted by Crippen LogP contribution is 2.25. The molecule has 5 heteroatoms. The number of para-hydroxylation sites is 1. The Morgan fingerprint density at radius 2 is 1.83 bits per heavy atom. The Kier molecular flexibility index (Phi) is 5.36. The summed E-state index contributed by atoms with van der Waals surface area (Å²) in [4.78, 5) is 22.7. The maximum Gasteiger partial charge on any atom is 0.349 e. The quantitative estimate of drug-likeness (QED) is 0.652. The molecule has 0 radical (unpaired) electrons. The van der Waals surface area contributed by atoms with Crippen molar-refractivity contribution < 1.29 is 24.2 Å². The molecule has 0 atom stereocenters. The Hall–Kier alpha value is -2.82. The van der Waals surface area contributed by atoms with E-state index >= 15 is 0 Å². The van der Waals surface area contributed by atoms with Crippen LogP contribution in [0.3, 0.4) is 0 Å². The number of carboxylic acid groups (broad SMARTS) is 1. The second-order valence-corrected chi connectivity index (χ2v) is 5.29. The molecule has 0 saturated carbocycles. The first kappa shape index (κ1) is 16.5. The summed E-state index contributed by atoms with van der Waals surface area (Å²) in [6, 6.07) is 13.3. The van der Waals surface area contributed by atoms with Crippen molar-refractivity contribution in [2.75, 3.05) is 6.61 Å². The van der Waals surface area contributed by atoms with Gasteiger partial charge in [0.1, 0.15) is 11.5 Å². The van der Waals surface area contributed by atoms with E-state index in [2.05, 4.69) is 0 Å². The van der Waals surface area contributed by atoms with Gasteiger partial charge in [-0.1, -0.05) is 38.1 Å². The van der Waals surface area contributed by atoms with Gasteiger partial charge in [-0.15, -0.1) is 0 Å². The van der Waals surface area contributed by atoms with Gasteiger partial charge in [0, 0.05) is 0 Å². The third-order valence-corrected chi connectivity index (χ3v) is 3.20. The molecule has 0 amide bonds. The molecule has 0 aliphatic heterocycles. The minimum atomic E-state index is -1.08. The van der Waals surface area contributed by atoms with E-state index in [-0.39, 0.29) is 23.8 Å². The Bertz CT molecular complexity index is 706. The van der Waals surface area contributed by atoms with E-state index in [0.717, 1.165) is 5.56 Å². The molecule has 0 bridgehead atoms. The fourth-order valence-electron chi connectivity index (χ4n) is 2.08. The largest absolute Gasteiger partial charge is 0.482 e. The zero-order valence-electron chi connectivity index (χ0n) is 13.0. The summed E-state index contributed by atoms with van der Waals surface area (Å²) in [5, 5.41) is 8.91. The van der Waals surface area contributed by atoms with Gasteiger partial charge in [-0.25, -0.2) is 9.59 Å². The lowest BCUT2D eigenvalue weighted by atomic mass is 10.0. The van der Waals surface area contributed by atoms with Gasteiger partial charge in [-0.2, -0.15) is 0 Å². The van der Waals surface area contributed by atoms with Gasteiger partial charge in [0.25, 0.3) is 0 Å². The number of benzene rings is 2. The lowest BCUT2D eigenvalue weighted by Crippen LogP contribution is -2.18. The molecule has 23 heavy (non-hydrogen) atoms. The molecule has 0 spiro atoms. The summed E-state index contributed by atoms with van der Waals surface area (Å²) in [6.07, 6.45) is 0. The fourth-order valence-corrected chi connectivity index (χ4v) is 2.08. The monoisotopic (exact) mass is 314 g/mol. The summed E-state index contributed by atoms with van der Waals surface area (Å²) in [6.45, 7) is 3.83. The lowest BCUT2D eigenvalue weighted by Gasteiger charge is -2.13. The van der Waals surface area contributed by atoms with Gasteiger partial charge in [0.2, 0.25) is 0 Å². The van der Waals surface area contributed by atoms with Crippen molar-refractivity contribution in [3.05, 3.63) is 59.7 Å². The number of aromatic carboxylic acids is 1. The van der Waals surface area contributed by atoms with Gasteiger partial charge < -0.3 is 14.6 Å². The van der Waals surface area contributed by atoms with E-state index in [1.54, 1.807) is 6.07 Å². The van der Waals surface area contributed by atoms with Crippen LogP contribution >= 0.6 is 0 Å². The highest BCUT2D eigenvalue weighted by Gasteiger charge is 2.11. The van der Waals surface area contributed by atoms with Gasteiger partial charge in [0.05, 0.1) is 5.56 Å². The molecule has 0 aliphatic carbocycles. The predicted molar refractivity (Wildman–Crippen MR) is 85.1 cm³/mol. The number of carbonyl (C=O) groups excluding carboxylic acids is 1. The minimum Gasteiger partial charge on any atom is -0.482 e. The van der Waals surface area contributed by atoms with Crippen molar-refractivity contribution >= 4 is 11.9 Å². The average molecular weight is 314 g/mol. The van der Waals surface area contributed by atoms with Crippen LogP contribution in [0, 0.1) is 0 Å². The Balaban J connectivity index is 1.98. The van der Waals surface area contributed by atoms with E-state index < -0.39 is 11.9 Å². The van der Waals surface area contributed by atoms with Crippen LogP contribution in [0.4, 0.5) is 0 Å². The smallest absolute Gasteiger partial charge is 0.349 e. The third-order valence-electron chi connectivity index (χ3n) is 3.20. The molecular weight excluding hydrogens is 296 g/mol. The molecule has 0 unspecified atom stereocenters. The number of rotatable bonds is 6. The molecule has 0 saturated heterocycles. The molecule has 2 rings (SSSR count). The Morgan fingerprint density at radius 3 is 2.52 bits per heavy atom. The van der Waals surface area contributed by atoms with E-state index in [1.165, 1.54) is 24.3 Å². The normalized spacial score (nSPS) is 10.4. The topological polar surface area (TPSA) is 72.8 Å². The van der Waals surface area contributed by atoms with Crippen molar-refractivity contribution in [3.8, 4) is 11.5 Å². The molecule has 2 aromatic carbocycles. The van der Waals surface area contributed by atoms with Crippen molar-refractivity contribution in [2.24, 2.45) is 0 Å². The van der Waals surface area contributed by atoms with E-state index in [4.69, 9.17) is 14.6 Å². The van der Waals surface area contributed by atoms with Crippen LogP contribution in [0.1, 0.15) is 35.7 Å². The van der Waals surface area contributed by atoms with Crippen LogP contribution in [0.25, 0.3) is 0 Å². The highest BCUT2D eigenvalue weighted by atomic mass is 16.6. The van der Waals surface area contributed by atoms with Crippen molar-refractivity contribution in [2.45, 2.75) is 19.8 Å². The van der Waals surface area contributed by atoms with Crippen LogP contribution in [0.5, 0.6) is 11.5 Å². The maximum atomic E-state index is 11.9. The van der Waals surface area contributed by atoms with E-state index in [9.17, 15) is 9.59 Å². The molecule has 0 aromatic heterocycles. The molecule has 5 nitrogen and oxygen atoms in total. The number of hydrogen-bond donors (Lipinski definition) is 1. The van der Waals surface area contributed by atoms with Crippen molar-refractivity contribution in [1.82, 2.24) is 0 Å². The zero-order valence-corrected chi connectivity index (χ0v) is 13.0. The summed E-state index contributed by atoms with van der Waals surface area (Å²) in [7, 11) is 0. The van der Waals surface area contributed by atoms with Gasteiger partial charge in [-0.05, 0) is 35.7 Å². The second kappa shape index (κ2) is 7.45. The number of hydrogen-bond acceptors (Lipinski definition) is 4. The van der Waals surface area contributed by atoms with Crippen LogP contribution in [-0.2, 0) is 4.79 Å². The number of ether oxygens (including phenoxy) is 2. The van der Waals surface area contributed by atoms with Crippen LogP contribution in [-0.4, -0.2) is 23.7 Å². The zero-order chi connectivity index (χ0) is 16.8. The first-order valence-electron chi connectivity index (χ1n) is 7.23. The Morgan fingerprint density at radius 1 is 1.09 bits per heavy atom. The first-order chi connectivity index (χ1) is 11.0. The maximum absolute atomic E-state index is 11.9. The molecule has 120 valence electrons. The van der Waals surface area contributed by atoms with E-state index in [1.807, 2.05) is 32.0 Å². The fraction of sp³-hybridized carbons (Fsp3) is 0.222. The number of esters is 1. The molecule has 1 N–H and O–H groups in total. The van der Waals surface area contributed by atoms with Crippen LogP contribution < -0.4 is 9.47 Å². The van der Waals surface area contributed by atoms with E-state index in [0.29, 0.717) is 5.75 Å². The molecular formula is C18H18O5. The van der Waals surface area contributed by atoms with Crippen LogP contribution in [0.2, 0.25) is 0 Å². The summed E-state index contributed by atoms with van der Waals surface area (Å²) in [5.74, 6) is -0.583. The lowest BCUT2D eigenvalue weighted by molar-refractivity contribution is -0.136. The summed E-state index contributed by atoms with van der Waals surface area (Å²) >= 11 is 0. The molecule has 0 fully saturated rings. The molecule has 2 aromatic rings. The first-order valence-corrected chi connectivity index (χ1v) is 7.23. The SMILES string of the molecule is CC(C)c1ccccc1OCC(=O)Oc1cccc(C(=O)O)c1. The average Bonchev–Trinajstić information content (AvgIpc) is 2.53. The van der Waals surface area contributed by atoms with Crippen LogP contribution in [0.15, 0.2) is 48.5 Å². The molecule has 0 heterocycles. The predicted octanol–water partition coefficient (Wildman–Crippen LogP) is 3.49. The van der Waals surface area contributed by atoms with Gasteiger partial charge in [-0.3, -0.25) is 0 Å². The minimum absolute atomic E-state index is 0.0568. The van der Waals surface area contributed by atoms with Crippen molar-refractivity contribution in [3.63, 3.8) is 0 Å². The van der Waals surface area contributed by atoms with Gasteiger partial charge >= 0.3 is 11.9 Å². The second-order valence-electron chi connectivity index (χ2n) is 5.29. The highest BCUT2D eigenvalue weighted by molar-refractivity contribution is 5.88. The number of carbonyl (C=O) groups is 2.